The number of nitrogens with one attached hydrogen (secondary N) is 1. The van der Waals surface area contributed by atoms with E-state index in [1.54, 1.807) is 0 Å². The van der Waals surface area contributed by atoms with Gasteiger partial charge in [-0.3, -0.25) is 0 Å². The molecule has 0 aliphatic carbocycles. The lowest BCUT2D eigenvalue weighted by molar-refractivity contribution is 0.242. The predicted octanol–water partition coefficient (Wildman–Crippen LogP) is 3.10. The first kappa shape index (κ1) is 15.6. The van der Waals surface area contributed by atoms with E-state index in [4.69, 9.17) is 4.74 Å². The number of rotatable bonds is 7. The van der Waals surface area contributed by atoms with Crippen molar-refractivity contribution in [1.82, 2.24) is 14.9 Å². The second-order valence-electron chi connectivity index (χ2n) is 5.51. The number of ether oxygens (including phenoxy) is 1. The van der Waals surface area contributed by atoms with Gasteiger partial charge in [-0.2, -0.15) is 0 Å². The monoisotopic (exact) mass is 287 g/mol. The van der Waals surface area contributed by atoms with Crippen molar-refractivity contribution in [1.29, 1.82) is 0 Å². The Bertz CT molecular complexity index is 563. The van der Waals surface area contributed by atoms with Gasteiger partial charge in [0, 0.05) is 31.9 Å². The summed E-state index contributed by atoms with van der Waals surface area (Å²) in [5.41, 5.74) is 1.23. The molecule has 4 nitrogen and oxygen atoms in total. The van der Waals surface area contributed by atoms with Gasteiger partial charge in [-0.1, -0.05) is 19.1 Å². The third kappa shape index (κ3) is 4.33. The van der Waals surface area contributed by atoms with Crippen molar-refractivity contribution in [3.05, 3.63) is 48.0 Å². The number of hydrogen-bond acceptors (Lipinski definition) is 3. The molecule has 1 N–H and O–H groups in total. The molecule has 1 unspecified atom stereocenters. The first-order valence-electron chi connectivity index (χ1n) is 7.56. The van der Waals surface area contributed by atoms with Crippen molar-refractivity contribution in [2.24, 2.45) is 7.05 Å². The Morgan fingerprint density at radius 2 is 2.14 bits per heavy atom. The fraction of sp³-hybridized carbons (Fsp3) is 0.471. The van der Waals surface area contributed by atoms with Gasteiger partial charge in [0.2, 0.25) is 0 Å². The lowest BCUT2D eigenvalue weighted by Crippen LogP contribution is -2.24. The van der Waals surface area contributed by atoms with Crippen molar-refractivity contribution in [3.8, 4) is 5.75 Å². The molecule has 0 aliphatic heterocycles. The van der Waals surface area contributed by atoms with E-state index >= 15 is 0 Å². The van der Waals surface area contributed by atoms with Crippen molar-refractivity contribution >= 4 is 0 Å². The number of likely N-dealkylation sites (N-methyl/N-ethyl adjacent to an activating group) is 1. The van der Waals surface area contributed by atoms with E-state index in [-0.39, 0.29) is 12.1 Å². The largest absolute Gasteiger partial charge is 0.491 e. The second kappa shape index (κ2) is 7.27. The standard InChI is InChI=1S/C17H25N3O/c1-5-18-16(12-17-19-9-10-20(17)4)14-7-6-8-15(11-14)21-13(2)3/h6-11,13,16,18H,5,12H2,1-4H3. The van der Waals surface area contributed by atoms with Crippen molar-refractivity contribution in [2.45, 2.75) is 39.3 Å². The topological polar surface area (TPSA) is 39.1 Å². The van der Waals surface area contributed by atoms with Crippen LogP contribution in [-0.2, 0) is 13.5 Å². The van der Waals surface area contributed by atoms with Crippen LogP contribution in [-0.4, -0.2) is 22.2 Å². The Kier molecular flexibility index (Phi) is 5.39. The van der Waals surface area contributed by atoms with E-state index in [1.165, 1.54) is 5.56 Å². The number of aromatic nitrogens is 2. The van der Waals surface area contributed by atoms with Crippen LogP contribution in [0.25, 0.3) is 0 Å². The third-order valence-electron chi connectivity index (χ3n) is 3.39. The first-order valence-corrected chi connectivity index (χ1v) is 7.56. The van der Waals surface area contributed by atoms with Gasteiger partial charge in [0.05, 0.1) is 6.10 Å². The Morgan fingerprint density at radius 3 is 2.76 bits per heavy atom. The van der Waals surface area contributed by atoms with E-state index in [0.717, 1.165) is 24.5 Å². The van der Waals surface area contributed by atoms with Crippen LogP contribution in [0.1, 0.15) is 38.2 Å². The summed E-state index contributed by atoms with van der Waals surface area (Å²) in [5, 5.41) is 3.54. The molecule has 21 heavy (non-hydrogen) atoms. The zero-order chi connectivity index (χ0) is 15.2. The first-order chi connectivity index (χ1) is 10.1. The molecule has 114 valence electrons. The maximum atomic E-state index is 5.79. The van der Waals surface area contributed by atoms with Crippen LogP contribution in [0, 0.1) is 0 Å². The molecule has 2 rings (SSSR count). The minimum atomic E-state index is 0.187. The van der Waals surface area contributed by atoms with E-state index in [1.807, 2.05) is 39.4 Å². The maximum absolute atomic E-state index is 5.79. The number of hydrogen-bond donors (Lipinski definition) is 1. The van der Waals surface area contributed by atoms with Crippen molar-refractivity contribution < 1.29 is 4.74 Å². The van der Waals surface area contributed by atoms with Gasteiger partial charge in [0.25, 0.3) is 0 Å². The number of imidazole rings is 1. The van der Waals surface area contributed by atoms with E-state index in [9.17, 15) is 0 Å². The molecule has 0 fully saturated rings. The van der Waals surface area contributed by atoms with Gasteiger partial charge in [-0.25, -0.2) is 4.98 Å². The third-order valence-corrected chi connectivity index (χ3v) is 3.39. The van der Waals surface area contributed by atoms with Crippen LogP contribution < -0.4 is 10.1 Å². The highest BCUT2D eigenvalue weighted by atomic mass is 16.5. The molecule has 0 saturated carbocycles. The minimum Gasteiger partial charge on any atom is -0.491 e. The second-order valence-corrected chi connectivity index (χ2v) is 5.51. The fourth-order valence-electron chi connectivity index (χ4n) is 2.41. The van der Waals surface area contributed by atoms with Crippen molar-refractivity contribution in [2.75, 3.05) is 6.54 Å². The van der Waals surface area contributed by atoms with E-state index in [0.29, 0.717) is 0 Å². The average Bonchev–Trinajstić information content (AvgIpc) is 2.83. The molecule has 0 amide bonds. The summed E-state index contributed by atoms with van der Waals surface area (Å²) in [6, 6.07) is 8.56. The zero-order valence-electron chi connectivity index (χ0n) is 13.3. The normalized spacial score (nSPS) is 12.6. The summed E-state index contributed by atoms with van der Waals surface area (Å²) < 4.78 is 7.86. The van der Waals surface area contributed by atoms with Crippen LogP contribution in [0.15, 0.2) is 36.7 Å². The van der Waals surface area contributed by atoms with Crippen LogP contribution in [0.3, 0.4) is 0 Å². The summed E-state index contributed by atoms with van der Waals surface area (Å²) in [7, 11) is 2.03. The molecule has 0 radical (unpaired) electrons. The average molecular weight is 287 g/mol. The maximum Gasteiger partial charge on any atom is 0.120 e. The predicted molar refractivity (Wildman–Crippen MR) is 85.5 cm³/mol. The van der Waals surface area contributed by atoms with Crippen LogP contribution in [0.2, 0.25) is 0 Å². The molecule has 0 bridgehead atoms. The Morgan fingerprint density at radius 1 is 1.33 bits per heavy atom. The number of benzene rings is 1. The zero-order valence-corrected chi connectivity index (χ0v) is 13.3. The van der Waals surface area contributed by atoms with E-state index < -0.39 is 0 Å². The minimum absolute atomic E-state index is 0.187. The molecule has 2 aromatic rings. The van der Waals surface area contributed by atoms with E-state index in [2.05, 4.69) is 40.0 Å². The summed E-state index contributed by atoms with van der Waals surface area (Å²) in [5.74, 6) is 2.00. The van der Waals surface area contributed by atoms with Crippen LogP contribution in [0.5, 0.6) is 5.75 Å². The lowest BCUT2D eigenvalue weighted by atomic mass is 10.0. The Labute approximate surface area is 127 Å². The number of aryl methyl sites for hydroxylation is 1. The highest BCUT2D eigenvalue weighted by Crippen LogP contribution is 2.22. The van der Waals surface area contributed by atoms with Gasteiger partial charge < -0.3 is 14.6 Å². The summed E-state index contributed by atoms with van der Waals surface area (Å²) in [4.78, 5) is 4.43. The molecule has 0 spiro atoms. The molecule has 4 heteroatoms. The summed E-state index contributed by atoms with van der Waals surface area (Å²) in [6.45, 7) is 7.13. The highest BCUT2D eigenvalue weighted by Gasteiger charge is 2.14. The van der Waals surface area contributed by atoms with Gasteiger partial charge in [-0.05, 0) is 38.1 Å². The molecule has 0 saturated heterocycles. The summed E-state index contributed by atoms with van der Waals surface area (Å²) in [6.07, 6.45) is 4.88. The molecular weight excluding hydrogens is 262 g/mol. The molecule has 1 heterocycles. The van der Waals surface area contributed by atoms with Crippen molar-refractivity contribution in [3.63, 3.8) is 0 Å². The molecule has 0 aliphatic rings. The SMILES string of the molecule is CCNC(Cc1nccn1C)c1cccc(OC(C)C)c1. The molecular formula is C17H25N3O. The van der Waals surface area contributed by atoms with Gasteiger partial charge in [0.1, 0.15) is 11.6 Å². The quantitative estimate of drug-likeness (QED) is 0.850. The van der Waals surface area contributed by atoms with Gasteiger partial charge in [0.15, 0.2) is 0 Å². The number of nitrogens with zero attached hydrogens (tertiary/aromatic N) is 2. The molecule has 1 aromatic carbocycles. The highest BCUT2D eigenvalue weighted by molar-refractivity contribution is 5.31. The molecule has 1 atom stereocenters. The molecule has 1 aromatic heterocycles. The smallest absolute Gasteiger partial charge is 0.120 e. The van der Waals surface area contributed by atoms with Crippen LogP contribution in [0.4, 0.5) is 0 Å². The van der Waals surface area contributed by atoms with Crippen LogP contribution >= 0.6 is 0 Å². The fourth-order valence-corrected chi connectivity index (χ4v) is 2.41. The summed E-state index contributed by atoms with van der Waals surface area (Å²) >= 11 is 0. The van der Waals surface area contributed by atoms with Gasteiger partial charge in [-0.15, -0.1) is 0 Å². The van der Waals surface area contributed by atoms with Gasteiger partial charge >= 0.3 is 0 Å². The Hall–Kier alpha value is -1.81. The Balaban J connectivity index is 2.19. The lowest BCUT2D eigenvalue weighted by Gasteiger charge is -2.19.